The fourth-order valence-electron chi connectivity index (χ4n) is 1.58. The molecule has 0 aliphatic heterocycles. The van der Waals surface area contributed by atoms with E-state index in [1.807, 2.05) is 42.6 Å². The zero-order valence-electron chi connectivity index (χ0n) is 10.2. The molecule has 1 aromatic heterocycles. The first kappa shape index (κ1) is 12.4. The van der Waals surface area contributed by atoms with Crippen LogP contribution in [0.5, 0.6) is 5.75 Å². The van der Waals surface area contributed by atoms with Crippen LogP contribution in [0.2, 0.25) is 0 Å². The molecule has 0 amide bonds. The largest absolute Gasteiger partial charge is 0.490 e. The van der Waals surface area contributed by atoms with E-state index in [1.165, 1.54) is 0 Å². The Labute approximate surface area is 107 Å². The Morgan fingerprint density at radius 1 is 1.17 bits per heavy atom. The van der Waals surface area contributed by atoms with Crippen molar-refractivity contribution < 1.29 is 4.74 Å². The van der Waals surface area contributed by atoms with Gasteiger partial charge in [0.15, 0.2) is 0 Å². The number of hydrogen-bond donors (Lipinski definition) is 2. The second-order valence-electron chi connectivity index (χ2n) is 3.92. The summed E-state index contributed by atoms with van der Waals surface area (Å²) >= 11 is 0. The Morgan fingerprint density at radius 2 is 2.06 bits per heavy atom. The highest BCUT2D eigenvalue weighted by molar-refractivity contribution is 5.51. The predicted octanol–water partition coefficient (Wildman–Crippen LogP) is 1.83. The van der Waals surface area contributed by atoms with Gasteiger partial charge in [0.05, 0.1) is 5.69 Å². The minimum atomic E-state index is 0.592. The van der Waals surface area contributed by atoms with Gasteiger partial charge in [-0.25, -0.2) is 0 Å². The molecule has 0 bridgehead atoms. The normalized spacial score (nSPS) is 10.2. The first-order valence-electron chi connectivity index (χ1n) is 5.93. The van der Waals surface area contributed by atoms with E-state index in [2.05, 4.69) is 10.3 Å². The molecular weight excluding hydrogens is 226 g/mol. The van der Waals surface area contributed by atoms with Gasteiger partial charge in [-0.15, -0.1) is 0 Å². The summed E-state index contributed by atoms with van der Waals surface area (Å²) < 4.78 is 5.57. The Balaban J connectivity index is 1.66. The van der Waals surface area contributed by atoms with E-state index in [-0.39, 0.29) is 0 Å². The van der Waals surface area contributed by atoms with E-state index >= 15 is 0 Å². The van der Waals surface area contributed by atoms with E-state index in [4.69, 9.17) is 10.5 Å². The molecule has 0 fully saturated rings. The molecule has 0 saturated carbocycles. The van der Waals surface area contributed by atoms with Gasteiger partial charge < -0.3 is 15.8 Å². The minimum absolute atomic E-state index is 0.592. The van der Waals surface area contributed by atoms with Crippen molar-refractivity contribution in [2.45, 2.75) is 6.54 Å². The first-order valence-corrected chi connectivity index (χ1v) is 5.93. The van der Waals surface area contributed by atoms with Gasteiger partial charge in [-0.1, -0.05) is 18.2 Å². The molecule has 0 unspecified atom stereocenters. The van der Waals surface area contributed by atoms with Crippen LogP contribution in [-0.4, -0.2) is 18.1 Å². The van der Waals surface area contributed by atoms with Gasteiger partial charge in [0, 0.05) is 25.5 Å². The number of ether oxygens (including phenoxy) is 1. The van der Waals surface area contributed by atoms with Gasteiger partial charge in [0.2, 0.25) is 0 Å². The molecule has 0 atom stereocenters. The number of para-hydroxylation sites is 2. The third-order valence-corrected chi connectivity index (χ3v) is 2.51. The van der Waals surface area contributed by atoms with E-state index < -0.39 is 0 Å². The van der Waals surface area contributed by atoms with Gasteiger partial charge in [0.1, 0.15) is 12.4 Å². The highest BCUT2D eigenvalue weighted by Gasteiger charge is 1.97. The smallest absolute Gasteiger partial charge is 0.142 e. The lowest BCUT2D eigenvalue weighted by atomic mass is 10.3. The van der Waals surface area contributed by atoms with Gasteiger partial charge in [0.25, 0.3) is 0 Å². The molecule has 0 radical (unpaired) electrons. The zero-order valence-corrected chi connectivity index (χ0v) is 10.2. The third-order valence-electron chi connectivity index (χ3n) is 2.51. The van der Waals surface area contributed by atoms with Crippen molar-refractivity contribution in [3.8, 4) is 5.75 Å². The lowest BCUT2D eigenvalue weighted by Crippen LogP contribution is -2.20. The summed E-state index contributed by atoms with van der Waals surface area (Å²) in [6.07, 6.45) is 3.62. The number of nitrogens with one attached hydrogen (secondary N) is 1. The van der Waals surface area contributed by atoms with Crippen LogP contribution in [0.1, 0.15) is 5.56 Å². The number of pyridine rings is 1. The van der Waals surface area contributed by atoms with Crippen LogP contribution in [0.15, 0.2) is 48.8 Å². The molecule has 1 aromatic carbocycles. The summed E-state index contributed by atoms with van der Waals surface area (Å²) in [5.41, 5.74) is 7.61. The molecule has 18 heavy (non-hydrogen) atoms. The van der Waals surface area contributed by atoms with Crippen molar-refractivity contribution in [1.29, 1.82) is 0 Å². The van der Waals surface area contributed by atoms with Gasteiger partial charge in [-0.3, -0.25) is 4.98 Å². The fourth-order valence-corrected chi connectivity index (χ4v) is 1.58. The summed E-state index contributed by atoms with van der Waals surface area (Å²) in [6.45, 7) is 2.15. The van der Waals surface area contributed by atoms with Crippen molar-refractivity contribution in [2.24, 2.45) is 0 Å². The van der Waals surface area contributed by atoms with Gasteiger partial charge in [-0.05, 0) is 23.8 Å². The quantitative estimate of drug-likeness (QED) is 0.600. The van der Waals surface area contributed by atoms with E-state index in [1.54, 1.807) is 6.20 Å². The summed E-state index contributed by atoms with van der Waals surface area (Å²) in [5, 5.41) is 3.29. The SMILES string of the molecule is Nc1ccccc1OCCNCc1cccnc1. The molecule has 4 nitrogen and oxygen atoms in total. The number of aromatic nitrogens is 1. The number of rotatable bonds is 6. The molecule has 4 heteroatoms. The number of hydrogen-bond acceptors (Lipinski definition) is 4. The number of benzene rings is 1. The van der Waals surface area contributed by atoms with Crippen LogP contribution in [0, 0.1) is 0 Å². The fraction of sp³-hybridized carbons (Fsp3) is 0.214. The van der Waals surface area contributed by atoms with Crippen LogP contribution in [-0.2, 0) is 6.54 Å². The van der Waals surface area contributed by atoms with Crippen molar-refractivity contribution in [1.82, 2.24) is 10.3 Å². The third kappa shape index (κ3) is 3.75. The van der Waals surface area contributed by atoms with E-state index in [9.17, 15) is 0 Å². The van der Waals surface area contributed by atoms with E-state index in [0.29, 0.717) is 12.3 Å². The van der Waals surface area contributed by atoms with Crippen LogP contribution in [0.25, 0.3) is 0 Å². The van der Waals surface area contributed by atoms with Crippen LogP contribution in [0.4, 0.5) is 5.69 Å². The molecule has 1 heterocycles. The Bertz CT molecular complexity index is 473. The number of nitrogen functional groups attached to an aromatic ring is 1. The Kier molecular flexibility index (Phi) is 4.55. The average molecular weight is 243 g/mol. The molecule has 94 valence electrons. The Morgan fingerprint density at radius 3 is 2.83 bits per heavy atom. The molecule has 0 saturated heterocycles. The summed E-state index contributed by atoms with van der Waals surface area (Å²) in [6, 6.07) is 11.5. The summed E-state index contributed by atoms with van der Waals surface area (Å²) in [5.74, 6) is 0.737. The van der Waals surface area contributed by atoms with Crippen LogP contribution in [0.3, 0.4) is 0 Å². The maximum absolute atomic E-state index is 5.77. The van der Waals surface area contributed by atoms with Crippen molar-refractivity contribution >= 4 is 5.69 Å². The maximum atomic E-state index is 5.77. The predicted molar refractivity (Wildman–Crippen MR) is 72.3 cm³/mol. The molecule has 0 aliphatic rings. The van der Waals surface area contributed by atoms with Crippen LogP contribution < -0.4 is 15.8 Å². The van der Waals surface area contributed by atoms with Gasteiger partial charge in [-0.2, -0.15) is 0 Å². The van der Waals surface area contributed by atoms with Crippen molar-refractivity contribution in [3.05, 3.63) is 54.4 Å². The number of anilines is 1. The minimum Gasteiger partial charge on any atom is -0.490 e. The lowest BCUT2D eigenvalue weighted by molar-refractivity contribution is 0.315. The topological polar surface area (TPSA) is 60.2 Å². The molecule has 2 aromatic rings. The summed E-state index contributed by atoms with van der Waals surface area (Å²) in [7, 11) is 0. The highest BCUT2D eigenvalue weighted by atomic mass is 16.5. The lowest BCUT2D eigenvalue weighted by Gasteiger charge is -2.09. The second kappa shape index (κ2) is 6.61. The van der Waals surface area contributed by atoms with Crippen LogP contribution >= 0.6 is 0 Å². The first-order chi connectivity index (χ1) is 8.86. The molecular formula is C14H17N3O. The Hall–Kier alpha value is -2.07. The summed E-state index contributed by atoms with van der Waals surface area (Å²) in [4.78, 5) is 4.05. The zero-order chi connectivity index (χ0) is 12.6. The number of nitrogens with two attached hydrogens (primary N) is 1. The highest BCUT2D eigenvalue weighted by Crippen LogP contribution is 2.19. The standard InChI is InChI=1S/C14H17N3O/c15-13-5-1-2-6-14(13)18-9-8-17-11-12-4-3-7-16-10-12/h1-7,10,17H,8-9,11,15H2. The molecule has 2 rings (SSSR count). The van der Waals surface area contributed by atoms with Crippen molar-refractivity contribution in [3.63, 3.8) is 0 Å². The van der Waals surface area contributed by atoms with Crippen molar-refractivity contribution in [2.75, 3.05) is 18.9 Å². The average Bonchev–Trinajstić information content (AvgIpc) is 2.42. The molecule has 0 spiro atoms. The monoisotopic (exact) mass is 243 g/mol. The van der Waals surface area contributed by atoms with Gasteiger partial charge >= 0.3 is 0 Å². The maximum Gasteiger partial charge on any atom is 0.142 e. The van der Waals surface area contributed by atoms with E-state index in [0.717, 1.165) is 24.4 Å². The second-order valence-corrected chi connectivity index (χ2v) is 3.92. The molecule has 0 aliphatic carbocycles. The number of nitrogens with zero attached hydrogens (tertiary/aromatic N) is 1. The molecule has 3 N–H and O–H groups in total.